The Labute approximate surface area is 183 Å². The van der Waals surface area contributed by atoms with Gasteiger partial charge in [0.25, 0.3) is 0 Å². The van der Waals surface area contributed by atoms with Gasteiger partial charge in [-0.2, -0.15) is 15.3 Å². The average Bonchev–Trinajstić information content (AvgIpc) is 3.47. The highest BCUT2D eigenvalue weighted by atomic mass is 16.3. The average molecular weight is 435 g/mol. The number of likely N-dealkylation sites (tertiary alicyclic amines) is 1. The molecule has 166 valence electrons. The fraction of sp³-hybridized carbons (Fsp3) is 0.381. The molecule has 11 nitrogen and oxygen atoms in total. The van der Waals surface area contributed by atoms with Gasteiger partial charge in [-0.3, -0.25) is 24.2 Å². The van der Waals surface area contributed by atoms with E-state index in [1.165, 1.54) is 0 Å². The Morgan fingerprint density at radius 1 is 1.25 bits per heavy atom. The molecular formula is C21H25N9O2. The number of nitrogens with zero attached hydrogens (tertiary/aromatic N) is 7. The highest BCUT2D eigenvalue weighted by Crippen LogP contribution is 2.30. The highest BCUT2D eigenvalue weighted by Gasteiger charge is 2.24. The first-order valence-electron chi connectivity index (χ1n) is 10.6. The van der Waals surface area contributed by atoms with Crippen LogP contribution < -0.4 is 5.73 Å². The smallest absolute Gasteiger partial charge is 0.248 e. The van der Waals surface area contributed by atoms with E-state index in [-0.39, 0.29) is 6.10 Å². The molecule has 1 saturated heterocycles. The third-order valence-electron chi connectivity index (χ3n) is 5.78. The first-order chi connectivity index (χ1) is 15.4. The number of aryl methyl sites for hydroxylation is 2. The molecule has 0 spiro atoms. The number of fused-ring (bicyclic) bond motifs is 1. The standard InChI is InChI=1S/C21H25N9O2/c1-3-29-18(6-12(2)27-29)21-24-20(25-26-21)15-7-13(19(22)32)8-17-16(15)9-23-30(17)5-4-28-10-14(31)11-28/h6-9,14,31H,3-5,10-11H2,1-2H3,(H2,22,32)(H,24,25,26). The molecule has 32 heavy (non-hydrogen) atoms. The summed E-state index contributed by atoms with van der Waals surface area (Å²) in [6.07, 6.45) is 1.52. The van der Waals surface area contributed by atoms with Gasteiger partial charge in [-0.15, -0.1) is 0 Å². The molecular weight excluding hydrogens is 410 g/mol. The Morgan fingerprint density at radius 3 is 2.78 bits per heavy atom. The molecule has 1 aromatic carbocycles. The lowest BCUT2D eigenvalue weighted by Crippen LogP contribution is -2.51. The van der Waals surface area contributed by atoms with Crippen LogP contribution in [0, 0.1) is 6.92 Å². The summed E-state index contributed by atoms with van der Waals surface area (Å²) in [6.45, 7) is 7.38. The van der Waals surface area contributed by atoms with Crippen LogP contribution in [0.3, 0.4) is 0 Å². The largest absolute Gasteiger partial charge is 0.390 e. The van der Waals surface area contributed by atoms with Crippen molar-refractivity contribution in [3.63, 3.8) is 0 Å². The molecule has 4 heterocycles. The molecule has 5 rings (SSSR count). The van der Waals surface area contributed by atoms with Crippen molar-refractivity contribution in [3.8, 4) is 22.9 Å². The molecule has 0 bridgehead atoms. The maximum Gasteiger partial charge on any atom is 0.248 e. The fourth-order valence-electron chi connectivity index (χ4n) is 4.12. The number of carbonyl (C=O) groups excluding carboxylic acids is 1. The van der Waals surface area contributed by atoms with E-state index < -0.39 is 5.91 Å². The van der Waals surface area contributed by atoms with Gasteiger partial charge in [0.1, 0.15) is 5.69 Å². The summed E-state index contributed by atoms with van der Waals surface area (Å²) in [7, 11) is 0. The topological polar surface area (TPSA) is 144 Å². The summed E-state index contributed by atoms with van der Waals surface area (Å²) < 4.78 is 3.70. The number of β-amino-alcohol motifs (C(OH)–C–C–N with tert-alkyl or cyclic N) is 1. The zero-order valence-corrected chi connectivity index (χ0v) is 18.0. The lowest BCUT2D eigenvalue weighted by Gasteiger charge is -2.35. The zero-order valence-electron chi connectivity index (χ0n) is 18.0. The Balaban J connectivity index is 1.53. The number of aromatic nitrogens is 7. The van der Waals surface area contributed by atoms with E-state index in [1.54, 1.807) is 18.3 Å². The van der Waals surface area contributed by atoms with Gasteiger partial charge in [0.2, 0.25) is 5.91 Å². The number of H-pyrrole nitrogens is 1. The third kappa shape index (κ3) is 3.55. The van der Waals surface area contributed by atoms with Crippen LogP contribution in [0.2, 0.25) is 0 Å². The van der Waals surface area contributed by atoms with E-state index in [0.29, 0.717) is 49.0 Å². The molecule has 1 fully saturated rings. The lowest BCUT2D eigenvalue weighted by molar-refractivity contribution is 0.000230. The second kappa shape index (κ2) is 7.84. The van der Waals surface area contributed by atoms with Gasteiger partial charge < -0.3 is 10.8 Å². The second-order valence-electron chi connectivity index (χ2n) is 8.10. The van der Waals surface area contributed by atoms with E-state index in [0.717, 1.165) is 28.8 Å². The number of nitrogens with two attached hydrogens (primary N) is 1. The van der Waals surface area contributed by atoms with Gasteiger partial charge in [-0.1, -0.05) is 0 Å². The normalized spacial score (nSPS) is 14.8. The van der Waals surface area contributed by atoms with Crippen LogP contribution >= 0.6 is 0 Å². The van der Waals surface area contributed by atoms with Crippen molar-refractivity contribution < 1.29 is 9.90 Å². The van der Waals surface area contributed by atoms with Crippen LogP contribution in [-0.2, 0) is 13.1 Å². The van der Waals surface area contributed by atoms with Crippen LogP contribution in [0.4, 0.5) is 0 Å². The lowest BCUT2D eigenvalue weighted by atomic mass is 10.0. The number of benzene rings is 1. The van der Waals surface area contributed by atoms with E-state index in [9.17, 15) is 9.90 Å². The minimum Gasteiger partial charge on any atom is -0.390 e. The summed E-state index contributed by atoms with van der Waals surface area (Å²) in [6, 6.07) is 5.41. The van der Waals surface area contributed by atoms with Crippen LogP contribution in [0.1, 0.15) is 23.0 Å². The second-order valence-corrected chi connectivity index (χ2v) is 8.10. The number of nitrogens with one attached hydrogen (secondary N) is 1. The summed E-state index contributed by atoms with van der Waals surface area (Å²) in [5, 5.41) is 26.7. The molecule has 1 aliphatic rings. The minimum absolute atomic E-state index is 0.245. The number of primary amides is 1. The van der Waals surface area contributed by atoms with Crippen LogP contribution in [0.25, 0.3) is 33.8 Å². The molecule has 0 atom stereocenters. The van der Waals surface area contributed by atoms with Gasteiger partial charge in [0.05, 0.1) is 30.1 Å². The number of aliphatic hydroxyl groups is 1. The Bertz CT molecular complexity index is 1300. The van der Waals surface area contributed by atoms with Gasteiger partial charge in [-0.25, -0.2) is 4.98 Å². The molecule has 0 saturated carbocycles. The summed E-state index contributed by atoms with van der Waals surface area (Å²) in [5.74, 6) is 0.537. The van der Waals surface area contributed by atoms with Gasteiger partial charge >= 0.3 is 0 Å². The number of aliphatic hydroxyl groups excluding tert-OH is 1. The van der Waals surface area contributed by atoms with Crippen LogP contribution in [-0.4, -0.2) is 76.4 Å². The molecule has 3 aromatic heterocycles. The maximum atomic E-state index is 12.0. The summed E-state index contributed by atoms with van der Waals surface area (Å²) in [4.78, 5) is 18.9. The van der Waals surface area contributed by atoms with Crippen molar-refractivity contribution in [3.05, 3.63) is 35.7 Å². The predicted octanol–water partition coefficient (Wildman–Crippen LogP) is 0.789. The number of hydrogen-bond acceptors (Lipinski definition) is 7. The molecule has 0 unspecified atom stereocenters. The first-order valence-corrected chi connectivity index (χ1v) is 10.6. The predicted molar refractivity (Wildman–Crippen MR) is 118 cm³/mol. The number of amides is 1. The van der Waals surface area contributed by atoms with E-state index >= 15 is 0 Å². The van der Waals surface area contributed by atoms with Gasteiger partial charge in [-0.05, 0) is 32.0 Å². The van der Waals surface area contributed by atoms with Crippen molar-refractivity contribution in [2.24, 2.45) is 5.73 Å². The fourth-order valence-corrected chi connectivity index (χ4v) is 4.12. The van der Waals surface area contributed by atoms with E-state index in [1.807, 2.05) is 29.3 Å². The van der Waals surface area contributed by atoms with Crippen LogP contribution in [0.15, 0.2) is 24.4 Å². The Kier molecular flexibility index (Phi) is 4.98. The molecule has 4 aromatic rings. The van der Waals surface area contributed by atoms with Crippen molar-refractivity contribution in [1.82, 2.24) is 39.6 Å². The number of carbonyl (C=O) groups is 1. The number of hydrogen-bond donors (Lipinski definition) is 3. The monoisotopic (exact) mass is 435 g/mol. The van der Waals surface area contributed by atoms with E-state index in [2.05, 4.69) is 30.3 Å². The SMILES string of the molecule is CCn1nc(C)cc1-c1n[nH]c(-c2cc(C(N)=O)cc3c2cnn3CCN2CC(O)C2)n1. The van der Waals surface area contributed by atoms with Gasteiger partial charge in [0, 0.05) is 42.7 Å². The third-order valence-corrected chi connectivity index (χ3v) is 5.78. The van der Waals surface area contributed by atoms with Gasteiger partial charge in [0.15, 0.2) is 11.6 Å². The maximum absolute atomic E-state index is 12.0. The quantitative estimate of drug-likeness (QED) is 0.389. The van der Waals surface area contributed by atoms with Crippen molar-refractivity contribution in [2.45, 2.75) is 33.0 Å². The highest BCUT2D eigenvalue weighted by molar-refractivity contribution is 6.02. The number of aromatic amines is 1. The molecule has 11 heteroatoms. The van der Waals surface area contributed by atoms with Crippen LogP contribution in [0.5, 0.6) is 0 Å². The van der Waals surface area contributed by atoms with Crippen molar-refractivity contribution in [1.29, 1.82) is 0 Å². The summed E-state index contributed by atoms with van der Waals surface area (Å²) >= 11 is 0. The number of rotatable bonds is 7. The minimum atomic E-state index is -0.522. The molecule has 4 N–H and O–H groups in total. The van der Waals surface area contributed by atoms with Crippen molar-refractivity contribution >= 4 is 16.8 Å². The first kappa shape index (κ1) is 20.3. The Morgan fingerprint density at radius 2 is 2.06 bits per heavy atom. The van der Waals surface area contributed by atoms with E-state index in [4.69, 9.17) is 5.73 Å². The molecule has 1 aliphatic heterocycles. The summed E-state index contributed by atoms with van der Waals surface area (Å²) in [5.41, 5.74) is 9.21. The Hall–Kier alpha value is -3.57. The molecule has 0 radical (unpaired) electrons. The van der Waals surface area contributed by atoms with Crippen molar-refractivity contribution in [2.75, 3.05) is 19.6 Å². The molecule has 1 amide bonds. The zero-order chi connectivity index (χ0) is 22.4. The molecule has 0 aliphatic carbocycles.